The Kier molecular flexibility index (Phi) is 5.15. The molecule has 0 aromatic heterocycles. The number of hydrogen-bond donors (Lipinski definition) is 2. The van der Waals surface area contributed by atoms with Gasteiger partial charge in [-0.2, -0.15) is 0 Å². The van der Waals surface area contributed by atoms with Gasteiger partial charge in [-0.3, -0.25) is 4.79 Å². The lowest BCUT2D eigenvalue weighted by molar-refractivity contribution is -0.118. The molecule has 4 heteroatoms. The zero-order valence-corrected chi connectivity index (χ0v) is 9.13. The van der Waals surface area contributed by atoms with E-state index in [4.69, 9.17) is 16.7 Å². The monoisotopic (exact) mass is 227 g/mol. The van der Waals surface area contributed by atoms with Crippen molar-refractivity contribution in [3.8, 4) is 0 Å². The SMILES string of the molecule is O=C(CCl)NCc1ccc(CCO)cc1. The average Bonchev–Trinajstić information content (AvgIpc) is 2.28. The molecule has 0 aliphatic rings. The number of nitrogens with one attached hydrogen (secondary N) is 1. The minimum atomic E-state index is -0.170. The molecule has 0 saturated carbocycles. The van der Waals surface area contributed by atoms with Gasteiger partial charge in [-0.15, -0.1) is 11.6 Å². The van der Waals surface area contributed by atoms with E-state index in [0.29, 0.717) is 13.0 Å². The molecule has 1 aromatic rings. The molecule has 1 aromatic carbocycles. The van der Waals surface area contributed by atoms with E-state index in [2.05, 4.69) is 5.32 Å². The van der Waals surface area contributed by atoms with Gasteiger partial charge in [-0.05, 0) is 17.5 Å². The van der Waals surface area contributed by atoms with Gasteiger partial charge >= 0.3 is 0 Å². The summed E-state index contributed by atoms with van der Waals surface area (Å²) >= 11 is 5.34. The first-order chi connectivity index (χ1) is 7.26. The van der Waals surface area contributed by atoms with Crippen LogP contribution in [0.2, 0.25) is 0 Å². The Hall–Kier alpha value is -1.06. The van der Waals surface area contributed by atoms with E-state index in [9.17, 15) is 4.79 Å². The Bertz CT molecular complexity index is 311. The summed E-state index contributed by atoms with van der Waals surface area (Å²) in [6, 6.07) is 7.75. The lowest BCUT2D eigenvalue weighted by Gasteiger charge is -2.04. The van der Waals surface area contributed by atoms with Crippen molar-refractivity contribution >= 4 is 17.5 Å². The molecule has 0 bridgehead atoms. The Balaban J connectivity index is 2.45. The molecule has 0 spiro atoms. The summed E-state index contributed by atoms with van der Waals surface area (Å²) in [5.74, 6) is -0.182. The first kappa shape index (κ1) is 12.0. The number of halogens is 1. The molecule has 1 amide bonds. The molecular weight excluding hydrogens is 214 g/mol. The Labute approximate surface area is 94.1 Å². The topological polar surface area (TPSA) is 49.3 Å². The highest BCUT2D eigenvalue weighted by Gasteiger charge is 1.98. The predicted molar refractivity (Wildman–Crippen MR) is 59.8 cm³/mol. The van der Waals surface area contributed by atoms with Gasteiger partial charge in [0, 0.05) is 13.2 Å². The van der Waals surface area contributed by atoms with Crippen molar-refractivity contribution in [2.24, 2.45) is 0 Å². The molecule has 1 rings (SSSR count). The molecular formula is C11H14ClNO2. The second kappa shape index (κ2) is 6.43. The first-order valence-electron chi connectivity index (χ1n) is 4.77. The van der Waals surface area contributed by atoms with E-state index in [0.717, 1.165) is 11.1 Å². The van der Waals surface area contributed by atoms with Crippen LogP contribution in [-0.4, -0.2) is 23.5 Å². The summed E-state index contributed by atoms with van der Waals surface area (Å²) in [5, 5.41) is 11.4. The van der Waals surface area contributed by atoms with Crippen LogP contribution in [0.4, 0.5) is 0 Å². The van der Waals surface area contributed by atoms with Crippen LogP contribution in [0.15, 0.2) is 24.3 Å². The van der Waals surface area contributed by atoms with E-state index in [1.54, 1.807) is 0 Å². The van der Waals surface area contributed by atoms with Crippen molar-refractivity contribution in [3.05, 3.63) is 35.4 Å². The number of amides is 1. The van der Waals surface area contributed by atoms with Crippen molar-refractivity contribution in [2.75, 3.05) is 12.5 Å². The maximum Gasteiger partial charge on any atom is 0.235 e. The molecule has 0 aliphatic heterocycles. The third kappa shape index (κ3) is 4.32. The van der Waals surface area contributed by atoms with Crippen LogP contribution in [0.5, 0.6) is 0 Å². The Morgan fingerprint density at radius 2 is 1.87 bits per heavy atom. The van der Waals surface area contributed by atoms with Gasteiger partial charge in [0.15, 0.2) is 0 Å². The van der Waals surface area contributed by atoms with E-state index in [-0.39, 0.29) is 18.4 Å². The zero-order chi connectivity index (χ0) is 11.1. The average molecular weight is 228 g/mol. The van der Waals surface area contributed by atoms with Gasteiger partial charge in [0.1, 0.15) is 5.88 Å². The predicted octanol–water partition coefficient (Wildman–Crippen LogP) is 1.08. The number of hydrogen-bond acceptors (Lipinski definition) is 2. The maximum absolute atomic E-state index is 10.9. The van der Waals surface area contributed by atoms with Crippen LogP contribution in [0, 0.1) is 0 Å². The van der Waals surface area contributed by atoms with E-state index in [1.165, 1.54) is 0 Å². The number of carbonyl (C=O) groups is 1. The third-order valence-corrected chi connectivity index (χ3v) is 2.28. The normalized spacial score (nSPS) is 10.0. The van der Waals surface area contributed by atoms with Gasteiger partial charge in [0.2, 0.25) is 5.91 Å². The van der Waals surface area contributed by atoms with E-state index < -0.39 is 0 Å². The van der Waals surface area contributed by atoms with Crippen LogP contribution < -0.4 is 5.32 Å². The summed E-state index contributed by atoms with van der Waals surface area (Å²) in [7, 11) is 0. The zero-order valence-electron chi connectivity index (χ0n) is 8.37. The molecule has 0 radical (unpaired) electrons. The Morgan fingerprint density at radius 3 is 2.40 bits per heavy atom. The van der Waals surface area contributed by atoms with E-state index in [1.807, 2.05) is 24.3 Å². The van der Waals surface area contributed by atoms with Crippen LogP contribution in [0.25, 0.3) is 0 Å². The summed E-state index contributed by atoms with van der Waals surface area (Å²) < 4.78 is 0. The fourth-order valence-electron chi connectivity index (χ4n) is 1.20. The fraction of sp³-hybridized carbons (Fsp3) is 0.364. The summed E-state index contributed by atoms with van der Waals surface area (Å²) in [5.41, 5.74) is 2.11. The number of aliphatic hydroxyl groups is 1. The molecule has 82 valence electrons. The van der Waals surface area contributed by atoms with Gasteiger partial charge in [-0.25, -0.2) is 0 Å². The van der Waals surface area contributed by atoms with Crippen molar-refractivity contribution < 1.29 is 9.90 Å². The number of alkyl halides is 1. The summed E-state index contributed by atoms with van der Waals surface area (Å²) in [4.78, 5) is 10.9. The smallest absolute Gasteiger partial charge is 0.235 e. The molecule has 0 saturated heterocycles. The van der Waals surface area contributed by atoms with Crippen molar-refractivity contribution in [3.63, 3.8) is 0 Å². The second-order valence-electron chi connectivity index (χ2n) is 3.20. The van der Waals surface area contributed by atoms with E-state index >= 15 is 0 Å². The Morgan fingerprint density at radius 1 is 1.27 bits per heavy atom. The fourth-order valence-corrected chi connectivity index (χ4v) is 1.30. The molecule has 15 heavy (non-hydrogen) atoms. The van der Waals surface area contributed by atoms with Crippen LogP contribution in [0.3, 0.4) is 0 Å². The minimum Gasteiger partial charge on any atom is -0.396 e. The largest absolute Gasteiger partial charge is 0.396 e. The summed E-state index contributed by atoms with van der Waals surface area (Å²) in [6.45, 7) is 0.646. The highest BCUT2D eigenvalue weighted by Crippen LogP contribution is 2.04. The van der Waals surface area contributed by atoms with Gasteiger partial charge in [0.05, 0.1) is 0 Å². The van der Waals surface area contributed by atoms with Crippen LogP contribution in [0.1, 0.15) is 11.1 Å². The number of benzene rings is 1. The van der Waals surface area contributed by atoms with Gasteiger partial charge in [-0.1, -0.05) is 24.3 Å². The highest BCUT2D eigenvalue weighted by atomic mass is 35.5. The molecule has 0 unspecified atom stereocenters. The maximum atomic E-state index is 10.9. The number of rotatable bonds is 5. The molecule has 0 fully saturated rings. The highest BCUT2D eigenvalue weighted by molar-refractivity contribution is 6.27. The molecule has 0 aliphatic carbocycles. The molecule has 0 atom stereocenters. The second-order valence-corrected chi connectivity index (χ2v) is 3.47. The third-order valence-electron chi connectivity index (χ3n) is 2.03. The van der Waals surface area contributed by atoms with Crippen molar-refractivity contribution in [1.29, 1.82) is 0 Å². The van der Waals surface area contributed by atoms with Crippen molar-refractivity contribution in [2.45, 2.75) is 13.0 Å². The standard InChI is InChI=1S/C11H14ClNO2/c12-7-11(15)13-8-10-3-1-9(2-4-10)5-6-14/h1-4,14H,5-8H2,(H,13,15). The lowest BCUT2D eigenvalue weighted by atomic mass is 10.1. The van der Waals surface area contributed by atoms with Crippen LogP contribution >= 0.6 is 11.6 Å². The quantitative estimate of drug-likeness (QED) is 0.740. The minimum absolute atomic E-state index is 0.0113. The lowest BCUT2D eigenvalue weighted by Crippen LogP contribution is -2.23. The summed E-state index contributed by atoms with van der Waals surface area (Å²) in [6.07, 6.45) is 0.661. The van der Waals surface area contributed by atoms with Crippen LogP contribution in [-0.2, 0) is 17.8 Å². The van der Waals surface area contributed by atoms with Crippen molar-refractivity contribution in [1.82, 2.24) is 5.32 Å². The number of aliphatic hydroxyl groups excluding tert-OH is 1. The van der Waals surface area contributed by atoms with Gasteiger partial charge < -0.3 is 10.4 Å². The van der Waals surface area contributed by atoms with Gasteiger partial charge in [0.25, 0.3) is 0 Å². The first-order valence-corrected chi connectivity index (χ1v) is 5.31. The molecule has 2 N–H and O–H groups in total. The molecule has 3 nitrogen and oxygen atoms in total. The number of carbonyl (C=O) groups excluding carboxylic acids is 1. The molecule has 0 heterocycles.